The average molecular weight is 549 g/mol. The predicted molar refractivity (Wildman–Crippen MR) is 159 cm³/mol. The lowest BCUT2D eigenvalue weighted by Crippen LogP contribution is -2.43. The summed E-state index contributed by atoms with van der Waals surface area (Å²) in [6.45, 7) is 9.94. The molecule has 0 unspecified atom stereocenters. The van der Waals surface area contributed by atoms with E-state index in [2.05, 4.69) is 27.7 Å². The Morgan fingerprint density at radius 2 is 1.66 bits per heavy atom. The summed E-state index contributed by atoms with van der Waals surface area (Å²) >= 11 is 2.91. The molecule has 4 rings (SSSR count). The zero-order chi connectivity index (χ0) is 27.4. The fraction of sp³-hybridized carbons (Fsp3) is 0.387. The third-order valence-electron chi connectivity index (χ3n) is 7.07. The van der Waals surface area contributed by atoms with Crippen LogP contribution in [0, 0.1) is 5.92 Å². The van der Waals surface area contributed by atoms with Crippen molar-refractivity contribution in [2.24, 2.45) is 5.92 Å². The third-order valence-corrected chi connectivity index (χ3v) is 8.87. The molecule has 0 atom stereocenters. The van der Waals surface area contributed by atoms with E-state index in [-0.39, 0.29) is 29.2 Å². The van der Waals surface area contributed by atoms with Gasteiger partial charge in [0.2, 0.25) is 5.91 Å². The van der Waals surface area contributed by atoms with Crippen molar-refractivity contribution >= 4 is 46.9 Å². The van der Waals surface area contributed by atoms with E-state index in [1.165, 1.54) is 22.0 Å². The highest BCUT2D eigenvalue weighted by Gasteiger charge is 2.22. The van der Waals surface area contributed by atoms with Gasteiger partial charge in [0, 0.05) is 29.6 Å². The highest BCUT2D eigenvalue weighted by molar-refractivity contribution is 7.98. The monoisotopic (exact) mass is 548 g/mol. The molecule has 1 saturated heterocycles. The summed E-state index contributed by atoms with van der Waals surface area (Å²) in [6.07, 6.45) is 7.29. The molecule has 1 aliphatic rings. The molecular weight excluding hydrogens is 512 g/mol. The van der Waals surface area contributed by atoms with Crippen LogP contribution in [-0.2, 0) is 16.8 Å². The molecule has 200 valence electrons. The summed E-state index contributed by atoms with van der Waals surface area (Å²) < 4.78 is 2.46. The van der Waals surface area contributed by atoms with Crippen LogP contribution in [0.4, 0.5) is 0 Å². The number of thiazole rings is 1. The Hall–Kier alpha value is -2.90. The van der Waals surface area contributed by atoms with E-state index in [1.807, 2.05) is 65.8 Å². The molecule has 2 heterocycles. The van der Waals surface area contributed by atoms with Crippen molar-refractivity contribution in [1.29, 1.82) is 0 Å². The van der Waals surface area contributed by atoms with Gasteiger partial charge in [-0.15, -0.1) is 23.1 Å². The minimum atomic E-state index is -0.246. The van der Waals surface area contributed by atoms with Gasteiger partial charge in [0.25, 0.3) is 5.56 Å². The van der Waals surface area contributed by atoms with Crippen LogP contribution in [0.1, 0.15) is 62.0 Å². The molecule has 0 aliphatic carbocycles. The fourth-order valence-electron chi connectivity index (χ4n) is 4.47. The number of rotatable bonds is 6. The molecular formula is C31H36N2O3S2. The lowest BCUT2D eigenvalue weighted by molar-refractivity contribution is -0.133. The normalized spacial score (nSPS) is 15.8. The molecule has 2 aromatic carbocycles. The molecule has 0 bridgehead atoms. The number of likely N-dealkylation sites (tertiary alicyclic amines) is 1. The van der Waals surface area contributed by atoms with Gasteiger partial charge in [-0.3, -0.25) is 19.0 Å². The van der Waals surface area contributed by atoms with Gasteiger partial charge in [-0.2, -0.15) is 0 Å². The smallest absolute Gasteiger partial charge is 0.269 e. The van der Waals surface area contributed by atoms with Crippen molar-refractivity contribution in [1.82, 2.24) is 9.47 Å². The second kappa shape index (κ2) is 11.9. The number of carbonyl (C=O) groups is 2. The van der Waals surface area contributed by atoms with Gasteiger partial charge in [0.15, 0.2) is 5.78 Å². The van der Waals surface area contributed by atoms with E-state index in [9.17, 15) is 14.4 Å². The Kier molecular flexibility index (Phi) is 8.78. The van der Waals surface area contributed by atoms with Gasteiger partial charge in [-0.25, -0.2) is 0 Å². The molecule has 1 aromatic heterocycles. The minimum absolute atomic E-state index is 0.00904. The number of Topliss-reactive ketones (excluding diaryl/α,β-unsaturated/α-hetero) is 1. The Morgan fingerprint density at radius 3 is 2.24 bits per heavy atom. The number of hydrogen-bond acceptors (Lipinski definition) is 5. The van der Waals surface area contributed by atoms with Crippen LogP contribution in [0.2, 0.25) is 0 Å². The van der Waals surface area contributed by atoms with E-state index in [1.54, 1.807) is 11.8 Å². The third kappa shape index (κ3) is 6.75. The fourth-order valence-corrected chi connectivity index (χ4v) is 5.92. The van der Waals surface area contributed by atoms with Gasteiger partial charge >= 0.3 is 0 Å². The van der Waals surface area contributed by atoms with Crippen LogP contribution in [-0.4, -0.2) is 40.5 Å². The predicted octanol–water partition coefficient (Wildman–Crippen LogP) is 4.68. The quantitative estimate of drug-likeness (QED) is 0.332. The van der Waals surface area contributed by atoms with Crippen molar-refractivity contribution in [3.63, 3.8) is 0 Å². The maximum atomic E-state index is 13.5. The Balaban J connectivity index is 1.72. The van der Waals surface area contributed by atoms with E-state index < -0.39 is 0 Å². The molecule has 7 heteroatoms. The average Bonchev–Trinajstić information content (AvgIpc) is 3.17. The molecule has 0 saturated carbocycles. The maximum absolute atomic E-state index is 13.5. The molecule has 38 heavy (non-hydrogen) atoms. The topological polar surface area (TPSA) is 59.4 Å². The van der Waals surface area contributed by atoms with Gasteiger partial charge in [-0.05, 0) is 59.8 Å². The number of ketones is 1. The van der Waals surface area contributed by atoms with Gasteiger partial charge in [0.05, 0.1) is 4.53 Å². The van der Waals surface area contributed by atoms with Crippen molar-refractivity contribution in [2.75, 3.05) is 19.3 Å². The first-order valence-corrected chi connectivity index (χ1v) is 15.1. The van der Waals surface area contributed by atoms with Gasteiger partial charge in [-0.1, -0.05) is 64.1 Å². The standard InChI is InChI=1S/C31H36N2O3S2/c1-21-14-16-32(17-15-21)28(35)20-33-29(19-26(34)23-8-10-24(11-9-23)31(2,3)4)38-27(30(33)36)18-22-6-12-25(37-5)13-7-22/h6-13,18-19,21H,14-17,20H2,1-5H3. The zero-order valence-corrected chi connectivity index (χ0v) is 24.5. The molecule has 1 amide bonds. The van der Waals surface area contributed by atoms with Crippen LogP contribution in [0.15, 0.2) is 58.2 Å². The number of nitrogens with zero attached hydrogens (tertiary/aromatic N) is 2. The van der Waals surface area contributed by atoms with E-state index in [0.717, 1.165) is 28.9 Å². The van der Waals surface area contributed by atoms with Gasteiger partial charge in [0.1, 0.15) is 11.2 Å². The molecule has 5 nitrogen and oxygen atoms in total. The summed E-state index contributed by atoms with van der Waals surface area (Å²) in [4.78, 5) is 42.9. The van der Waals surface area contributed by atoms with Crippen molar-refractivity contribution in [3.05, 3.63) is 84.8 Å². The summed E-state index contributed by atoms with van der Waals surface area (Å²) in [6, 6.07) is 15.6. The number of aromatic nitrogens is 1. The first-order valence-electron chi connectivity index (χ1n) is 13.0. The summed E-state index contributed by atoms with van der Waals surface area (Å²) in [5.41, 5.74) is 2.35. The van der Waals surface area contributed by atoms with E-state index in [4.69, 9.17) is 0 Å². The highest BCUT2D eigenvalue weighted by Crippen LogP contribution is 2.22. The van der Waals surface area contributed by atoms with Crippen LogP contribution < -0.4 is 14.8 Å². The Morgan fingerprint density at radius 1 is 1.03 bits per heavy atom. The van der Waals surface area contributed by atoms with Gasteiger partial charge < -0.3 is 4.90 Å². The summed E-state index contributed by atoms with van der Waals surface area (Å²) in [5.74, 6) is 0.340. The largest absolute Gasteiger partial charge is 0.341 e. The summed E-state index contributed by atoms with van der Waals surface area (Å²) in [5, 5.41) is 0. The second-order valence-corrected chi connectivity index (χ2v) is 13.0. The molecule has 1 fully saturated rings. The zero-order valence-electron chi connectivity index (χ0n) is 22.8. The minimum Gasteiger partial charge on any atom is -0.341 e. The molecule has 1 aliphatic heterocycles. The van der Waals surface area contributed by atoms with Crippen molar-refractivity contribution in [2.45, 2.75) is 57.4 Å². The van der Waals surface area contributed by atoms with Crippen LogP contribution in [0.3, 0.4) is 0 Å². The molecule has 0 N–H and O–H groups in total. The number of amides is 1. The van der Waals surface area contributed by atoms with Crippen molar-refractivity contribution < 1.29 is 9.59 Å². The van der Waals surface area contributed by atoms with E-state index >= 15 is 0 Å². The number of carbonyl (C=O) groups excluding carboxylic acids is 2. The second-order valence-electron chi connectivity index (χ2n) is 11.0. The number of benzene rings is 2. The molecule has 0 spiro atoms. The summed E-state index contributed by atoms with van der Waals surface area (Å²) in [7, 11) is 0. The van der Waals surface area contributed by atoms with Crippen molar-refractivity contribution in [3.8, 4) is 0 Å². The number of hydrogen-bond donors (Lipinski definition) is 0. The number of thioether (sulfide) groups is 1. The van der Waals surface area contributed by atoms with Crippen LogP contribution in [0.5, 0.6) is 0 Å². The molecule has 0 radical (unpaired) electrons. The maximum Gasteiger partial charge on any atom is 0.269 e. The SMILES string of the molecule is CSc1ccc(C=c2sc(=CC(=O)c3ccc(C(C)(C)C)cc3)n(CC(=O)N3CCC(C)CC3)c2=O)cc1. The molecule has 3 aromatic rings. The highest BCUT2D eigenvalue weighted by atomic mass is 32.2. The lowest BCUT2D eigenvalue weighted by Gasteiger charge is -2.30. The van der Waals surface area contributed by atoms with Crippen LogP contribution >= 0.6 is 23.1 Å². The first kappa shape index (κ1) is 28.1. The Labute approximate surface area is 232 Å². The lowest BCUT2D eigenvalue weighted by atomic mass is 9.86. The number of piperidine rings is 1. The first-order chi connectivity index (χ1) is 18.0. The van der Waals surface area contributed by atoms with Crippen LogP contribution in [0.25, 0.3) is 12.2 Å². The van der Waals surface area contributed by atoms with E-state index in [0.29, 0.717) is 33.8 Å². The Bertz CT molecular complexity index is 1470.